The zero-order valence-corrected chi connectivity index (χ0v) is 8.72. The van der Waals surface area contributed by atoms with E-state index in [1.165, 1.54) is 0 Å². The molecule has 0 aliphatic carbocycles. The molecule has 1 N–H and O–H groups in total. The number of hydrogen-bond acceptors (Lipinski definition) is 2. The van der Waals surface area contributed by atoms with E-state index in [2.05, 4.69) is 4.98 Å². The molecule has 15 heavy (non-hydrogen) atoms. The van der Waals surface area contributed by atoms with Crippen molar-refractivity contribution in [2.75, 3.05) is 0 Å². The van der Waals surface area contributed by atoms with Gasteiger partial charge in [0.25, 0.3) is 0 Å². The van der Waals surface area contributed by atoms with E-state index >= 15 is 0 Å². The molecule has 1 atom stereocenters. The third-order valence-corrected chi connectivity index (χ3v) is 2.57. The number of rotatable bonds is 2. The van der Waals surface area contributed by atoms with Gasteiger partial charge in [0.2, 0.25) is 0 Å². The molecular weight excluding hydrogens is 210 g/mol. The van der Waals surface area contributed by atoms with Crippen LogP contribution in [0.15, 0.2) is 48.8 Å². The van der Waals surface area contributed by atoms with Gasteiger partial charge < -0.3 is 5.11 Å². The average Bonchev–Trinajstić information content (AvgIpc) is 2.30. The standard InChI is InChI=1S/C12H10ClNO/c13-11-4-2-1-3-10(11)12(15)9-5-7-14-8-6-9/h1-8,12,15H. The zero-order chi connectivity index (χ0) is 10.7. The van der Waals surface area contributed by atoms with Gasteiger partial charge in [-0.3, -0.25) is 4.98 Å². The Kier molecular flexibility index (Phi) is 2.99. The summed E-state index contributed by atoms with van der Waals surface area (Å²) >= 11 is 5.99. The first kappa shape index (κ1) is 10.1. The molecule has 1 heterocycles. The zero-order valence-electron chi connectivity index (χ0n) is 7.97. The lowest BCUT2D eigenvalue weighted by Crippen LogP contribution is -2.00. The summed E-state index contributed by atoms with van der Waals surface area (Å²) in [6, 6.07) is 10.8. The highest BCUT2D eigenvalue weighted by Crippen LogP contribution is 2.27. The minimum atomic E-state index is -0.693. The molecule has 2 aromatic rings. The van der Waals surface area contributed by atoms with Gasteiger partial charge in [0.1, 0.15) is 6.10 Å². The van der Waals surface area contributed by atoms with Crippen molar-refractivity contribution in [2.45, 2.75) is 6.10 Å². The van der Waals surface area contributed by atoms with Crippen molar-refractivity contribution in [3.05, 3.63) is 64.9 Å². The van der Waals surface area contributed by atoms with Gasteiger partial charge in [-0.05, 0) is 23.8 Å². The Labute approximate surface area is 93.2 Å². The van der Waals surface area contributed by atoms with E-state index in [-0.39, 0.29) is 0 Å². The fourth-order valence-electron chi connectivity index (χ4n) is 1.42. The maximum Gasteiger partial charge on any atom is 0.106 e. The molecule has 2 rings (SSSR count). The van der Waals surface area contributed by atoms with E-state index in [9.17, 15) is 5.11 Å². The van der Waals surface area contributed by atoms with Gasteiger partial charge in [0.05, 0.1) is 0 Å². The molecule has 1 aromatic heterocycles. The SMILES string of the molecule is OC(c1ccncc1)c1ccccc1Cl. The number of aliphatic hydroxyl groups is 1. The molecule has 3 heteroatoms. The molecule has 0 aliphatic heterocycles. The summed E-state index contributed by atoms with van der Waals surface area (Å²) in [5, 5.41) is 10.6. The monoisotopic (exact) mass is 219 g/mol. The minimum absolute atomic E-state index is 0.571. The van der Waals surface area contributed by atoms with E-state index < -0.39 is 6.10 Å². The molecule has 0 amide bonds. The fourth-order valence-corrected chi connectivity index (χ4v) is 1.66. The molecule has 1 aromatic carbocycles. The van der Waals surface area contributed by atoms with E-state index in [0.29, 0.717) is 10.6 Å². The normalized spacial score (nSPS) is 12.4. The van der Waals surface area contributed by atoms with Gasteiger partial charge in [0.15, 0.2) is 0 Å². The summed E-state index contributed by atoms with van der Waals surface area (Å²) in [5.41, 5.74) is 1.50. The van der Waals surface area contributed by atoms with Crippen molar-refractivity contribution in [1.29, 1.82) is 0 Å². The Bertz CT molecular complexity index is 444. The van der Waals surface area contributed by atoms with Gasteiger partial charge in [-0.15, -0.1) is 0 Å². The summed E-state index contributed by atoms with van der Waals surface area (Å²) in [4.78, 5) is 3.90. The van der Waals surface area contributed by atoms with Crippen LogP contribution in [0.1, 0.15) is 17.2 Å². The molecule has 0 saturated carbocycles. The maximum absolute atomic E-state index is 10.1. The van der Waals surface area contributed by atoms with Crippen LogP contribution in [0.3, 0.4) is 0 Å². The predicted molar refractivity (Wildman–Crippen MR) is 59.8 cm³/mol. The smallest absolute Gasteiger partial charge is 0.106 e. The molecule has 1 unspecified atom stereocenters. The third kappa shape index (κ3) is 2.17. The van der Waals surface area contributed by atoms with Crippen LogP contribution in [0.4, 0.5) is 0 Å². The quantitative estimate of drug-likeness (QED) is 0.843. The molecule has 0 aliphatic rings. The van der Waals surface area contributed by atoms with Crippen LogP contribution >= 0.6 is 11.6 Å². The molecule has 0 fully saturated rings. The Balaban J connectivity index is 2.37. The van der Waals surface area contributed by atoms with Gasteiger partial charge in [-0.1, -0.05) is 29.8 Å². The highest BCUT2D eigenvalue weighted by molar-refractivity contribution is 6.31. The molecule has 0 saturated heterocycles. The summed E-state index contributed by atoms with van der Waals surface area (Å²) in [7, 11) is 0. The predicted octanol–water partition coefficient (Wildman–Crippen LogP) is 2.82. The van der Waals surface area contributed by atoms with Crippen LogP contribution in [-0.4, -0.2) is 10.1 Å². The number of hydrogen-bond donors (Lipinski definition) is 1. The molecular formula is C12H10ClNO. The van der Waals surface area contributed by atoms with Crippen molar-refractivity contribution >= 4 is 11.6 Å². The number of aliphatic hydroxyl groups excluding tert-OH is 1. The van der Waals surface area contributed by atoms with E-state index in [1.54, 1.807) is 30.6 Å². The Morgan fingerprint density at radius 2 is 1.73 bits per heavy atom. The second kappa shape index (κ2) is 4.43. The lowest BCUT2D eigenvalue weighted by Gasteiger charge is -2.12. The van der Waals surface area contributed by atoms with Crippen LogP contribution in [0.5, 0.6) is 0 Å². The lowest BCUT2D eigenvalue weighted by atomic mass is 10.0. The van der Waals surface area contributed by atoms with Crippen molar-refractivity contribution in [2.24, 2.45) is 0 Å². The van der Waals surface area contributed by atoms with E-state index in [4.69, 9.17) is 11.6 Å². The lowest BCUT2D eigenvalue weighted by molar-refractivity contribution is 0.220. The van der Waals surface area contributed by atoms with Crippen molar-refractivity contribution < 1.29 is 5.11 Å². The number of nitrogens with zero attached hydrogens (tertiary/aromatic N) is 1. The number of aromatic nitrogens is 1. The number of halogens is 1. The number of benzene rings is 1. The van der Waals surface area contributed by atoms with Crippen LogP contribution in [-0.2, 0) is 0 Å². The Morgan fingerprint density at radius 1 is 1.07 bits per heavy atom. The molecule has 0 radical (unpaired) electrons. The molecule has 0 bridgehead atoms. The van der Waals surface area contributed by atoms with Crippen molar-refractivity contribution in [3.63, 3.8) is 0 Å². The first-order valence-corrected chi connectivity index (χ1v) is 4.99. The van der Waals surface area contributed by atoms with E-state index in [0.717, 1.165) is 5.56 Å². The van der Waals surface area contributed by atoms with Gasteiger partial charge in [-0.25, -0.2) is 0 Å². The average molecular weight is 220 g/mol. The molecule has 0 spiro atoms. The van der Waals surface area contributed by atoms with Gasteiger partial charge >= 0.3 is 0 Å². The van der Waals surface area contributed by atoms with Crippen LogP contribution in [0, 0.1) is 0 Å². The largest absolute Gasteiger partial charge is 0.384 e. The van der Waals surface area contributed by atoms with E-state index in [1.807, 2.05) is 18.2 Å². The Morgan fingerprint density at radius 3 is 2.40 bits per heavy atom. The highest BCUT2D eigenvalue weighted by atomic mass is 35.5. The van der Waals surface area contributed by atoms with Crippen molar-refractivity contribution in [1.82, 2.24) is 4.98 Å². The summed E-state index contributed by atoms with van der Waals surface area (Å²) in [6.45, 7) is 0. The van der Waals surface area contributed by atoms with Gasteiger partial charge in [-0.2, -0.15) is 0 Å². The highest BCUT2D eigenvalue weighted by Gasteiger charge is 2.12. The summed E-state index contributed by atoms with van der Waals surface area (Å²) < 4.78 is 0. The first-order valence-electron chi connectivity index (χ1n) is 4.61. The van der Waals surface area contributed by atoms with Crippen molar-refractivity contribution in [3.8, 4) is 0 Å². The second-order valence-electron chi connectivity index (χ2n) is 3.20. The third-order valence-electron chi connectivity index (χ3n) is 2.22. The minimum Gasteiger partial charge on any atom is -0.384 e. The molecule has 76 valence electrons. The van der Waals surface area contributed by atoms with Crippen LogP contribution in [0.2, 0.25) is 5.02 Å². The number of pyridine rings is 1. The Hall–Kier alpha value is -1.38. The second-order valence-corrected chi connectivity index (χ2v) is 3.61. The van der Waals surface area contributed by atoms with Crippen LogP contribution < -0.4 is 0 Å². The van der Waals surface area contributed by atoms with Crippen LogP contribution in [0.25, 0.3) is 0 Å². The molecule has 2 nitrogen and oxygen atoms in total. The maximum atomic E-state index is 10.1. The summed E-state index contributed by atoms with van der Waals surface area (Å²) in [6.07, 6.45) is 2.60. The topological polar surface area (TPSA) is 33.1 Å². The van der Waals surface area contributed by atoms with Gasteiger partial charge in [0, 0.05) is 23.0 Å². The fraction of sp³-hybridized carbons (Fsp3) is 0.0833. The first-order chi connectivity index (χ1) is 7.29. The summed E-state index contributed by atoms with van der Waals surface area (Å²) in [5.74, 6) is 0.